The molecule has 0 saturated heterocycles. The number of carbonyl (C=O) groups excluding carboxylic acids is 1. The number of aryl methyl sites for hydroxylation is 2. The SMILES string of the molecule is Cc1nn(C)c2ncc(NC(=O)c3ccccc3OCc3ccc(F)cc3)cc12. The van der Waals surface area contributed by atoms with Crippen LogP contribution in [0.3, 0.4) is 0 Å². The summed E-state index contributed by atoms with van der Waals surface area (Å²) < 4.78 is 20.6. The largest absolute Gasteiger partial charge is 0.488 e. The number of ether oxygens (including phenoxy) is 1. The first-order valence-corrected chi connectivity index (χ1v) is 9.08. The summed E-state index contributed by atoms with van der Waals surface area (Å²) in [5.41, 5.74) is 3.38. The van der Waals surface area contributed by atoms with Gasteiger partial charge in [-0.15, -0.1) is 0 Å². The van der Waals surface area contributed by atoms with Gasteiger partial charge in [0, 0.05) is 12.4 Å². The quantitative estimate of drug-likeness (QED) is 0.553. The van der Waals surface area contributed by atoms with Gasteiger partial charge in [0.2, 0.25) is 0 Å². The molecule has 0 aliphatic heterocycles. The van der Waals surface area contributed by atoms with E-state index in [0.717, 1.165) is 22.3 Å². The molecule has 0 radical (unpaired) electrons. The van der Waals surface area contributed by atoms with Crippen molar-refractivity contribution < 1.29 is 13.9 Å². The van der Waals surface area contributed by atoms with Gasteiger partial charge in [-0.3, -0.25) is 9.48 Å². The molecule has 2 aromatic heterocycles. The van der Waals surface area contributed by atoms with E-state index in [4.69, 9.17) is 4.74 Å². The number of rotatable bonds is 5. The van der Waals surface area contributed by atoms with E-state index in [1.54, 1.807) is 47.3 Å². The van der Waals surface area contributed by atoms with E-state index in [1.165, 1.54) is 12.1 Å². The zero-order valence-electron chi connectivity index (χ0n) is 16.0. The molecule has 0 unspecified atom stereocenters. The zero-order chi connectivity index (χ0) is 20.4. The third-order valence-electron chi connectivity index (χ3n) is 4.56. The van der Waals surface area contributed by atoms with Crippen molar-refractivity contribution in [1.29, 1.82) is 0 Å². The van der Waals surface area contributed by atoms with E-state index < -0.39 is 0 Å². The molecule has 1 N–H and O–H groups in total. The van der Waals surface area contributed by atoms with Crippen molar-refractivity contribution in [3.05, 3.63) is 83.4 Å². The fourth-order valence-corrected chi connectivity index (χ4v) is 3.10. The Morgan fingerprint density at radius 3 is 2.72 bits per heavy atom. The van der Waals surface area contributed by atoms with Gasteiger partial charge in [0.15, 0.2) is 5.65 Å². The third-order valence-corrected chi connectivity index (χ3v) is 4.56. The molecule has 1 amide bonds. The number of nitrogens with zero attached hydrogens (tertiary/aromatic N) is 3. The van der Waals surface area contributed by atoms with Crippen LogP contribution in [0.2, 0.25) is 0 Å². The maximum Gasteiger partial charge on any atom is 0.259 e. The van der Waals surface area contributed by atoms with Crippen molar-refractivity contribution in [3.8, 4) is 5.75 Å². The lowest BCUT2D eigenvalue weighted by Gasteiger charge is -2.12. The number of hydrogen-bond acceptors (Lipinski definition) is 4. The van der Waals surface area contributed by atoms with Gasteiger partial charge in [0.1, 0.15) is 18.2 Å². The molecule has 0 fully saturated rings. The van der Waals surface area contributed by atoms with E-state index in [2.05, 4.69) is 15.4 Å². The van der Waals surface area contributed by atoms with E-state index in [9.17, 15) is 9.18 Å². The second-order valence-electron chi connectivity index (χ2n) is 6.67. The van der Waals surface area contributed by atoms with Gasteiger partial charge in [-0.25, -0.2) is 9.37 Å². The van der Waals surface area contributed by atoms with Crippen LogP contribution in [0, 0.1) is 12.7 Å². The highest BCUT2D eigenvalue weighted by molar-refractivity contribution is 6.06. The molecule has 0 aliphatic rings. The summed E-state index contributed by atoms with van der Waals surface area (Å²) in [7, 11) is 1.83. The molecule has 0 atom stereocenters. The van der Waals surface area contributed by atoms with Crippen molar-refractivity contribution in [2.45, 2.75) is 13.5 Å². The molecular formula is C22H19FN4O2. The number of benzene rings is 2. The molecule has 2 aromatic carbocycles. The van der Waals surface area contributed by atoms with Crippen molar-refractivity contribution in [2.75, 3.05) is 5.32 Å². The molecule has 7 heteroatoms. The first kappa shape index (κ1) is 18.6. The number of nitrogens with one attached hydrogen (secondary N) is 1. The standard InChI is InChI=1S/C22H19FN4O2/c1-14-19-11-17(12-24-21(19)27(2)26-14)25-22(28)18-5-3-4-6-20(18)29-13-15-7-9-16(23)10-8-15/h3-12H,13H2,1-2H3,(H,25,28). The third kappa shape index (κ3) is 3.94. The predicted molar refractivity (Wildman–Crippen MR) is 108 cm³/mol. The first-order chi connectivity index (χ1) is 14.0. The topological polar surface area (TPSA) is 69.0 Å². The lowest BCUT2D eigenvalue weighted by atomic mass is 10.1. The van der Waals surface area contributed by atoms with Crippen molar-refractivity contribution in [1.82, 2.24) is 14.8 Å². The Labute approximate surface area is 167 Å². The Morgan fingerprint density at radius 2 is 1.93 bits per heavy atom. The number of fused-ring (bicyclic) bond motifs is 1. The summed E-state index contributed by atoms with van der Waals surface area (Å²) >= 11 is 0. The fraction of sp³-hybridized carbons (Fsp3) is 0.136. The van der Waals surface area contributed by atoms with Crippen LogP contribution in [0.25, 0.3) is 11.0 Å². The van der Waals surface area contributed by atoms with E-state index in [1.807, 2.05) is 20.0 Å². The molecule has 0 saturated carbocycles. The number of aromatic nitrogens is 3. The van der Waals surface area contributed by atoms with Crippen LogP contribution in [0.15, 0.2) is 60.8 Å². The van der Waals surface area contributed by atoms with Crippen LogP contribution < -0.4 is 10.1 Å². The minimum atomic E-state index is -0.303. The summed E-state index contributed by atoms with van der Waals surface area (Å²) in [5.74, 6) is -0.161. The lowest BCUT2D eigenvalue weighted by Crippen LogP contribution is -2.14. The average molecular weight is 390 g/mol. The maximum absolute atomic E-state index is 13.0. The molecule has 146 valence electrons. The smallest absolute Gasteiger partial charge is 0.259 e. The normalized spacial score (nSPS) is 10.9. The predicted octanol–water partition coefficient (Wildman–Crippen LogP) is 4.25. The molecule has 0 bridgehead atoms. The number of anilines is 1. The van der Waals surface area contributed by atoms with Gasteiger partial charge >= 0.3 is 0 Å². The van der Waals surface area contributed by atoms with Gasteiger partial charge in [-0.05, 0) is 42.8 Å². The van der Waals surface area contributed by atoms with Crippen LogP contribution in [0.1, 0.15) is 21.6 Å². The number of para-hydroxylation sites is 1. The Hall–Kier alpha value is -3.74. The molecule has 0 aliphatic carbocycles. The summed E-state index contributed by atoms with van der Waals surface area (Å²) in [6, 6.07) is 14.9. The van der Waals surface area contributed by atoms with Gasteiger partial charge in [-0.1, -0.05) is 24.3 Å². The Kier molecular flexibility index (Phi) is 4.95. The monoisotopic (exact) mass is 390 g/mol. The number of halogens is 1. The van der Waals surface area contributed by atoms with Crippen molar-refractivity contribution in [2.24, 2.45) is 7.05 Å². The summed E-state index contributed by atoms with van der Waals surface area (Å²) in [6.07, 6.45) is 1.60. The first-order valence-electron chi connectivity index (χ1n) is 9.08. The second kappa shape index (κ2) is 7.71. The Bertz CT molecular complexity index is 1190. The highest BCUT2D eigenvalue weighted by atomic mass is 19.1. The Balaban J connectivity index is 1.53. The Morgan fingerprint density at radius 1 is 1.17 bits per heavy atom. The minimum Gasteiger partial charge on any atom is -0.488 e. The number of carbonyl (C=O) groups is 1. The van der Waals surface area contributed by atoms with Crippen LogP contribution in [0.4, 0.5) is 10.1 Å². The summed E-state index contributed by atoms with van der Waals surface area (Å²) in [5, 5.41) is 8.08. The lowest BCUT2D eigenvalue weighted by molar-refractivity contribution is 0.102. The highest BCUT2D eigenvalue weighted by Crippen LogP contribution is 2.23. The molecular weight excluding hydrogens is 371 g/mol. The van der Waals surface area contributed by atoms with Crippen LogP contribution in [-0.2, 0) is 13.7 Å². The van der Waals surface area contributed by atoms with E-state index in [0.29, 0.717) is 17.0 Å². The zero-order valence-corrected chi connectivity index (χ0v) is 16.0. The summed E-state index contributed by atoms with van der Waals surface area (Å²) in [4.78, 5) is 17.2. The van der Waals surface area contributed by atoms with Gasteiger partial charge in [-0.2, -0.15) is 5.10 Å². The van der Waals surface area contributed by atoms with Crippen LogP contribution in [0.5, 0.6) is 5.75 Å². The molecule has 4 rings (SSSR count). The minimum absolute atomic E-state index is 0.229. The number of pyridine rings is 1. The molecule has 0 spiro atoms. The van der Waals surface area contributed by atoms with Crippen LogP contribution >= 0.6 is 0 Å². The van der Waals surface area contributed by atoms with Gasteiger partial charge in [0.25, 0.3) is 5.91 Å². The summed E-state index contributed by atoms with van der Waals surface area (Å²) in [6.45, 7) is 2.13. The van der Waals surface area contributed by atoms with Crippen molar-refractivity contribution >= 4 is 22.6 Å². The second-order valence-corrected chi connectivity index (χ2v) is 6.67. The fourth-order valence-electron chi connectivity index (χ4n) is 3.10. The maximum atomic E-state index is 13.0. The van der Waals surface area contributed by atoms with E-state index in [-0.39, 0.29) is 18.3 Å². The average Bonchev–Trinajstić information content (AvgIpc) is 3.01. The highest BCUT2D eigenvalue weighted by Gasteiger charge is 2.14. The number of amides is 1. The van der Waals surface area contributed by atoms with Crippen LogP contribution in [-0.4, -0.2) is 20.7 Å². The molecule has 29 heavy (non-hydrogen) atoms. The molecule has 6 nitrogen and oxygen atoms in total. The van der Waals surface area contributed by atoms with Gasteiger partial charge in [0.05, 0.1) is 23.1 Å². The van der Waals surface area contributed by atoms with Gasteiger partial charge < -0.3 is 10.1 Å². The van der Waals surface area contributed by atoms with Crippen molar-refractivity contribution in [3.63, 3.8) is 0 Å². The van der Waals surface area contributed by atoms with E-state index >= 15 is 0 Å². The molecule has 2 heterocycles. The number of hydrogen-bond donors (Lipinski definition) is 1. The molecule has 4 aromatic rings.